The van der Waals surface area contributed by atoms with Crippen LogP contribution in [0.4, 0.5) is 5.69 Å². The van der Waals surface area contributed by atoms with E-state index in [9.17, 15) is 4.79 Å². The van der Waals surface area contributed by atoms with Crippen LogP contribution in [0, 0.1) is 12.8 Å². The van der Waals surface area contributed by atoms with E-state index in [0.717, 1.165) is 21.1 Å². The second kappa shape index (κ2) is 5.27. The van der Waals surface area contributed by atoms with E-state index in [1.807, 2.05) is 33.0 Å². The fourth-order valence-corrected chi connectivity index (χ4v) is 2.18. The van der Waals surface area contributed by atoms with Crippen molar-refractivity contribution in [2.75, 3.05) is 5.32 Å². The van der Waals surface area contributed by atoms with E-state index in [1.165, 1.54) is 0 Å². The number of carbonyl (C=O) groups excluding carboxylic acids is 1. The van der Waals surface area contributed by atoms with Crippen molar-refractivity contribution in [2.24, 2.45) is 5.92 Å². The summed E-state index contributed by atoms with van der Waals surface area (Å²) in [5.74, 6) is -0.0475. The highest BCUT2D eigenvalue weighted by molar-refractivity contribution is 7.15. The zero-order valence-corrected chi connectivity index (χ0v) is 11.4. The molecule has 4 nitrogen and oxygen atoms in total. The first kappa shape index (κ1) is 12.7. The van der Waals surface area contributed by atoms with E-state index in [0.29, 0.717) is 0 Å². The Hall–Kier alpha value is -1.75. The summed E-state index contributed by atoms with van der Waals surface area (Å²) in [6, 6.07) is 1.92. The van der Waals surface area contributed by atoms with Crippen molar-refractivity contribution >= 4 is 22.9 Å². The van der Waals surface area contributed by atoms with Crippen molar-refractivity contribution in [1.82, 2.24) is 9.97 Å². The lowest BCUT2D eigenvalue weighted by Crippen LogP contribution is -2.17. The van der Waals surface area contributed by atoms with E-state index in [2.05, 4.69) is 15.3 Å². The first-order valence-electron chi connectivity index (χ1n) is 5.75. The zero-order valence-electron chi connectivity index (χ0n) is 10.6. The molecule has 0 aliphatic heterocycles. The van der Waals surface area contributed by atoms with Crippen LogP contribution in [-0.4, -0.2) is 15.9 Å². The van der Waals surface area contributed by atoms with Crippen LogP contribution in [0.5, 0.6) is 0 Å². The van der Waals surface area contributed by atoms with Crippen LogP contribution in [0.3, 0.4) is 0 Å². The molecule has 0 aromatic carbocycles. The number of nitrogens with one attached hydrogen (secondary N) is 1. The first-order chi connectivity index (χ1) is 8.56. The summed E-state index contributed by atoms with van der Waals surface area (Å²) in [5, 5.41) is 3.86. The van der Waals surface area contributed by atoms with Crippen LogP contribution in [0.25, 0.3) is 10.4 Å². The highest BCUT2D eigenvalue weighted by Crippen LogP contribution is 2.26. The van der Waals surface area contributed by atoms with Gasteiger partial charge in [-0.25, -0.2) is 4.98 Å². The molecule has 18 heavy (non-hydrogen) atoms. The van der Waals surface area contributed by atoms with Gasteiger partial charge in [-0.15, -0.1) is 11.3 Å². The maximum absolute atomic E-state index is 11.6. The lowest BCUT2D eigenvalue weighted by Gasteiger charge is -2.07. The Balaban J connectivity index is 2.23. The van der Waals surface area contributed by atoms with Gasteiger partial charge in [0.05, 0.1) is 21.8 Å². The van der Waals surface area contributed by atoms with Gasteiger partial charge in [0.15, 0.2) is 0 Å². The smallest absolute Gasteiger partial charge is 0.226 e. The van der Waals surface area contributed by atoms with Crippen LogP contribution >= 0.6 is 11.3 Å². The van der Waals surface area contributed by atoms with Crippen molar-refractivity contribution in [1.29, 1.82) is 0 Å². The normalized spacial score (nSPS) is 10.7. The number of carbonyl (C=O) groups is 1. The summed E-state index contributed by atoms with van der Waals surface area (Å²) in [6.07, 6.45) is 5.25. The molecular formula is C13H15N3OS. The largest absolute Gasteiger partial charge is 0.324 e. The zero-order chi connectivity index (χ0) is 13.1. The molecule has 0 aliphatic rings. The Morgan fingerprint density at radius 2 is 2.11 bits per heavy atom. The van der Waals surface area contributed by atoms with Gasteiger partial charge in [0.25, 0.3) is 0 Å². The molecule has 0 spiro atoms. The lowest BCUT2D eigenvalue weighted by atomic mass is 10.2. The highest BCUT2D eigenvalue weighted by atomic mass is 32.1. The minimum Gasteiger partial charge on any atom is -0.324 e. The van der Waals surface area contributed by atoms with E-state index < -0.39 is 0 Å². The van der Waals surface area contributed by atoms with Gasteiger partial charge < -0.3 is 5.32 Å². The fourth-order valence-electron chi connectivity index (χ4n) is 1.42. The summed E-state index contributed by atoms with van der Waals surface area (Å²) in [7, 11) is 0. The first-order valence-corrected chi connectivity index (χ1v) is 6.56. The molecule has 2 rings (SSSR count). The molecule has 0 unspecified atom stereocenters. The van der Waals surface area contributed by atoms with Crippen molar-refractivity contribution in [3.05, 3.63) is 29.7 Å². The number of pyridine rings is 1. The average Bonchev–Trinajstić information content (AvgIpc) is 2.76. The Morgan fingerprint density at radius 1 is 1.33 bits per heavy atom. The number of rotatable bonds is 3. The molecule has 2 heterocycles. The third kappa shape index (κ3) is 2.92. The number of anilines is 1. The molecule has 2 aromatic rings. The maximum Gasteiger partial charge on any atom is 0.226 e. The van der Waals surface area contributed by atoms with Gasteiger partial charge in [-0.2, -0.15) is 0 Å². The molecule has 94 valence electrons. The van der Waals surface area contributed by atoms with E-state index in [4.69, 9.17) is 0 Å². The Morgan fingerprint density at radius 3 is 2.72 bits per heavy atom. The Labute approximate surface area is 110 Å². The number of nitrogens with zero attached hydrogens (tertiary/aromatic N) is 2. The molecule has 0 fully saturated rings. The van der Waals surface area contributed by atoms with Crippen molar-refractivity contribution in [3.8, 4) is 10.4 Å². The van der Waals surface area contributed by atoms with Gasteiger partial charge in [-0.3, -0.25) is 9.78 Å². The van der Waals surface area contributed by atoms with Crippen LogP contribution in [-0.2, 0) is 4.79 Å². The summed E-state index contributed by atoms with van der Waals surface area (Å²) < 4.78 is 0. The van der Waals surface area contributed by atoms with Crippen LogP contribution in [0.2, 0.25) is 0 Å². The second-order valence-electron chi connectivity index (χ2n) is 4.35. The quantitative estimate of drug-likeness (QED) is 0.923. The molecule has 0 saturated heterocycles. The van der Waals surface area contributed by atoms with Gasteiger partial charge in [0.1, 0.15) is 0 Å². The molecule has 0 bridgehead atoms. The third-order valence-corrected chi connectivity index (χ3v) is 3.40. The second-order valence-corrected chi connectivity index (χ2v) is 5.58. The van der Waals surface area contributed by atoms with Gasteiger partial charge >= 0.3 is 0 Å². The number of hydrogen-bond donors (Lipinski definition) is 1. The number of aromatic nitrogens is 2. The minimum absolute atomic E-state index is 0.00515. The minimum atomic E-state index is -0.0423. The molecule has 5 heteroatoms. The average molecular weight is 261 g/mol. The fraction of sp³-hybridized carbons (Fsp3) is 0.308. The van der Waals surface area contributed by atoms with Crippen molar-refractivity contribution in [2.45, 2.75) is 20.8 Å². The number of thiazole rings is 1. The van der Waals surface area contributed by atoms with E-state index in [-0.39, 0.29) is 11.8 Å². The molecule has 1 N–H and O–H groups in total. The van der Waals surface area contributed by atoms with Crippen molar-refractivity contribution in [3.63, 3.8) is 0 Å². The highest BCUT2D eigenvalue weighted by Gasteiger charge is 2.09. The van der Waals surface area contributed by atoms with Crippen LogP contribution < -0.4 is 5.32 Å². The monoisotopic (exact) mass is 261 g/mol. The summed E-state index contributed by atoms with van der Waals surface area (Å²) in [5.41, 5.74) is 1.69. The van der Waals surface area contributed by atoms with E-state index in [1.54, 1.807) is 23.7 Å². The standard InChI is InChI=1S/C13H15N3OS/c1-8(2)13(17)16-11-4-10(5-14-6-11)12-7-15-9(3)18-12/h4-8H,1-3H3,(H,16,17). The van der Waals surface area contributed by atoms with Gasteiger partial charge in [0.2, 0.25) is 5.91 Å². The molecule has 0 radical (unpaired) electrons. The molecule has 2 aromatic heterocycles. The molecule has 0 aliphatic carbocycles. The Kier molecular flexibility index (Phi) is 3.72. The van der Waals surface area contributed by atoms with Crippen molar-refractivity contribution < 1.29 is 4.79 Å². The number of aryl methyl sites for hydroxylation is 1. The molecule has 0 atom stereocenters. The SMILES string of the molecule is Cc1ncc(-c2cncc(NC(=O)C(C)C)c2)s1. The maximum atomic E-state index is 11.6. The lowest BCUT2D eigenvalue weighted by molar-refractivity contribution is -0.118. The molecule has 0 saturated carbocycles. The number of amides is 1. The third-order valence-electron chi connectivity index (χ3n) is 2.44. The summed E-state index contributed by atoms with van der Waals surface area (Å²) >= 11 is 1.61. The summed E-state index contributed by atoms with van der Waals surface area (Å²) in [4.78, 5) is 21.0. The van der Waals surface area contributed by atoms with Gasteiger partial charge in [0, 0.05) is 23.9 Å². The molecule has 1 amide bonds. The predicted molar refractivity (Wildman–Crippen MR) is 73.5 cm³/mol. The van der Waals surface area contributed by atoms with Crippen LogP contribution in [0.15, 0.2) is 24.7 Å². The molecular weight excluding hydrogens is 246 g/mol. The van der Waals surface area contributed by atoms with Gasteiger partial charge in [-0.1, -0.05) is 13.8 Å². The summed E-state index contributed by atoms with van der Waals surface area (Å²) in [6.45, 7) is 5.68. The number of hydrogen-bond acceptors (Lipinski definition) is 4. The topological polar surface area (TPSA) is 54.9 Å². The Bertz CT molecular complexity index is 563. The van der Waals surface area contributed by atoms with E-state index >= 15 is 0 Å². The predicted octanol–water partition coefficient (Wildman–Crippen LogP) is 3.11. The van der Waals surface area contributed by atoms with Gasteiger partial charge in [-0.05, 0) is 13.0 Å². The van der Waals surface area contributed by atoms with Crippen LogP contribution in [0.1, 0.15) is 18.9 Å².